The van der Waals surface area contributed by atoms with Gasteiger partial charge in [0.05, 0.1) is 12.2 Å². The molecule has 0 saturated carbocycles. The summed E-state index contributed by atoms with van der Waals surface area (Å²) in [6.07, 6.45) is 28.4. The Morgan fingerprint density at radius 3 is 1.17 bits per heavy atom. The number of rotatable bonds is 19. The highest BCUT2D eigenvalue weighted by Crippen LogP contribution is 2.31. The van der Waals surface area contributed by atoms with E-state index in [0.29, 0.717) is 12.2 Å². The van der Waals surface area contributed by atoms with Crippen molar-refractivity contribution in [2.24, 2.45) is 0 Å². The van der Waals surface area contributed by atoms with E-state index in [9.17, 15) is 0 Å². The number of unbranched alkanes of at least 4 members (excludes halogenated alkanes) is 15. The monoisotopic (exact) mass is 338 g/mol. The summed E-state index contributed by atoms with van der Waals surface area (Å²) in [6, 6.07) is 0. The molecule has 0 radical (unpaired) electrons. The molecule has 0 aliphatic carbocycles. The lowest BCUT2D eigenvalue weighted by atomic mass is 10.0. The first-order chi connectivity index (χ1) is 11.9. The predicted octanol–water partition coefficient (Wildman–Crippen LogP) is 8.21. The molecular formula is C23H46O. The molecule has 1 fully saturated rings. The van der Waals surface area contributed by atoms with Gasteiger partial charge in [-0.2, -0.15) is 0 Å². The molecule has 24 heavy (non-hydrogen) atoms. The molecule has 1 heteroatoms. The maximum absolute atomic E-state index is 5.74. The number of ether oxygens (including phenoxy) is 1. The van der Waals surface area contributed by atoms with E-state index >= 15 is 0 Å². The molecule has 0 bridgehead atoms. The van der Waals surface area contributed by atoms with E-state index in [-0.39, 0.29) is 0 Å². The zero-order chi connectivity index (χ0) is 17.3. The Bertz CT molecular complexity index is 250. The lowest BCUT2D eigenvalue weighted by Gasteiger charge is -2.03. The molecule has 1 nitrogen and oxygen atoms in total. The summed E-state index contributed by atoms with van der Waals surface area (Å²) in [5.41, 5.74) is 0. The normalized spacial score (nSPS) is 19.8. The molecule has 144 valence electrons. The van der Waals surface area contributed by atoms with E-state index in [1.165, 1.54) is 122 Å². The van der Waals surface area contributed by atoms with Crippen molar-refractivity contribution < 1.29 is 4.74 Å². The maximum atomic E-state index is 5.74. The fourth-order valence-electron chi connectivity index (χ4n) is 3.81. The Labute approximate surface area is 153 Å². The number of epoxide rings is 1. The van der Waals surface area contributed by atoms with Gasteiger partial charge in [0.1, 0.15) is 0 Å². The minimum atomic E-state index is 0.636. The zero-order valence-electron chi connectivity index (χ0n) is 17.0. The first-order valence-corrected chi connectivity index (χ1v) is 11.5. The van der Waals surface area contributed by atoms with Crippen molar-refractivity contribution in [2.45, 2.75) is 148 Å². The molecule has 1 aliphatic heterocycles. The summed E-state index contributed by atoms with van der Waals surface area (Å²) in [4.78, 5) is 0. The largest absolute Gasteiger partial charge is 0.370 e. The SMILES string of the molecule is CCCCCCCCCCCCCCCCCC1OC1CCCC. The topological polar surface area (TPSA) is 12.5 Å². The minimum absolute atomic E-state index is 0.636. The zero-order valence-corrected chi connectivity index (χ0v) is 17.0. The van der Waals surface area contributed by atoms with Gasteiger partial charge in [-0.25, -0.2) is 0 Å². The van der Waals surface area contributed by atoms with Crippen molar-refractivity contribution in [1.82, 2.24) is 0 Å². The van der Waals surface area contributed by atoms with E-state index in [0.717, 1.165) is 0 Å². The van der Waals surface area contributed by atoms with Crippen LogP contribution >= 0.6 is 0 Å². The van der Waals surface area contributed by atoms with Gasteiger partial charge >= 0.3 is 0 Å². The summed E-state index contributed by atoms with van der Waals surface area (Å²) in [6.45, 7) is 4.57. The van der Waals surface area contributed by atoms with Gasteiger partial charge < -0.3 is 4.74 Å². The molecule has 2 unspecified atom stereocenters. The molecule has 1 saturated heterocycles. The Morgan fingerprint density at radius 2 is 0.750 bits per heavy atom. The first-order valence-electron chi connectivity index (χ1n) is 11.5. The van der Waals surface area contributed by atoms with Crippen LogP contribution < -0.4 is 0 Å². The molecule has 1 aliphatic rings. The van der Waals surface area contributed by atoms with Gasteiger partial charge in [0.25, 0.3) is 0 Å². The fourth-order valence-corrected chi connectivity index (χ4v) is 3.81. The third kappa shape index (κ3) is 13.3. The van der Waals surface area contributed by atoms with Crippen LogP contribution in [0.2, 0.25) is 0 Å². The van der Waals surface area contributed by atoms with Crippen molar-refractivity contribution in [1.29, 1.82) is 0 Å². The van der Waals surface area contributed by atoms with Gasteiger partial charge in [-0.3, -0.25) is 0 Å². The molecule has 0 amide bonds. The van der Waals surface area contributed by atoms with E-state index < -0.39 is 0 Å². The molecule has 1 rings (SSSR count). The average molecular weight is 339 g/mol. The average Bonchev–Trinajstić information content (AvgIpc) is 3.35. The van der Waals surface area contributed by atoms with Crippen LogP contribution in [0.4, 0.5) is 0 Å². The standard InChI is InChI=1S/C23H46O/c1-3-5-7-8-9-10-11-12-13-14-15-16-17-18-19-21-23-22(24-23)20-6-4-2/h22-23H,3-21H2,1-2H3. The predicted molar refractivity (Wildman–Crippen MR) is 108 cm³/mol. The quantitative estimate of drug-likeness (QED) is 0.171. The molecule has 0 N–H and O–H groups in total. The lowest BCUT2D eigenvalue weighted by Crippen LogP contribution is -1.94. The highest BCUT2D eigenvalue weighted by molar-refractivity contribution is 4.84. The molecular weight excluding hydrogens is 292 g/mol. The van der Waals surface area contributed by atoms with E-state index in [2.05, 4.69) is 13.8 Å². The molecule has 1 heterocycles. The number of hydrogen-bond acceptors (Lipinski definition) is 1. The summed E-state index contributed by atoms with van der Waals surface area (Å²) < 4.78 is 5.74. The smallest absolute Gasteiger partial charge is 0.0841 e. The van der Waals surface area contributed by atoms with Crippen molar-refractivity contribution in [2.75, 3.05) is 0 Å². The van der Waals surface area contributed by atoms with Gasteiger partial charge in [0, 0.05) is 0 Å². The second-order valence-electron chi connectivity index (χ2n) is 8.09. The second kappa shape index (κ2) is 16.4. The highest BCUT2D eigenvalue weighted by Gasteiger charge is 2.36. The van der Waals surface area contributed by atoms with Crippen molar-refractivity contribution in [3.8, 4) is 0 Å². The highest BCUT2D eigenvalue weighted by atomic mass is 16.6. The van der Waals surface area contributed by atoms with Crippen LogP contribution in [0.3, 0.4) is 0 Å². The minimum Gasteiger partial charge on any atom is -0.370 e. The molecule has 0 aromatic carbocycles. The lowest BCUT2D eigenvalue weighted by molar-refractivity contribution is 0.349. The Hall–Kier alpha value is -0.0400. The van der Waals surface area contributed by atoms with Crippen molar-refractivity contribution in [3.63, 3.8) is 0 Å². The van der Waals surface area contributed by atoms with Crippen LogP contribution in [0.25, 0.3) is 0 Å². The Morgan fingerprint density at radius 1 is 0.417 bits per heavy atom. The Kier molecular flexibility index (Phi) is 15.1. The summed E-state index contributed by atoms with van der Waals surface area (Å²) in [5, 5.41) is 0. The van der Waals surface area contributed by atoms with Gasteiger partial charge in [-0.15, -0.1) is 0 Å². The summed E-state index contributed by atoms with van der Waals surface area (Å²) in [7, 11) is 0. The summed E-state index contributed by atoms with van der Waals surface area (Å²) in [5.74, 6) is 0. The second-order valence-corrected chi connectivity index (χ2v) is 8.09. The van der Waals surface area contributed by atoms with Crippen LogP contribution in [-0.4, -0.2) is 12.2 Å². The molecule has 2 atom stereocenters. The third-order valence-electron chi connectivity index (χ3n) is 5.62. The third-order valence-corrected chi connectivity index (χ3v) is 5.62. The number of hydrogen-bond donors (Lipinski definition) is 0. The van der Waals surface area contributed by atoms with E-state index in [1.54, 1.807) is 0 Å². The van der Waals surface area contributed by atoms with E-state index in [1.807, 2.05) is 0 Å². The van der Waals surface area contributed by atoms with Gasteiger partial charge in [-0.05, 0) is 12.8 Å². The van der Waals surface area contributed by atoms with Crippen molar-refractivity contribution >= 4 is 0 Å². The molecule has 0 spiro atoms. The van der Waals surface area contributed by atoms with Crippen molar-refractivity contribution in [3.05, 3.63) is 0 Å². The van der Waals surface area contributed by atoms with Gasteiger partial charge in [-0.1, -0.05) is 123 Å². The van der Waals surface area contributed by atoms with Crippen LogP contribution in [0.5, 0.6) is 0 Å². The summed E-state index contributed by atoms with van der Waals surface area (Å²) >= 11 is 0. The van der Waals surface area contributed by atoms with Gasteiger partial charge in [0.15, 0.2) is 0 Å². The van der Waals surface area contributed by atoms with Crippen LogP contribution in [0, 0.1) is 0 Å². The van der Waals surface area contributed by atoms with Crippen LogP contribution in [0.15, 0.2) is 0 Å². The maximum Gasteiger partial charge on any atom is 0.0841 e. The first kappa shape index (κ1) is 22.0. The van der Waals surface area contributed by atoms with Gasteiger partial charge in [0.2, 0.25) is 0 Å². The molecule has 0 aromatic heterocycles. The Balaban J connectivity index is 1.66. The van der Waals surface area contributed by atoms with Crippen LogP contribution in [-0.2, 0) is 4.74 Å². The fraction of sp³-hybridized carbons (Fsp3) is 1.00. The molecule has 0 aromatic rings. The van der Waals surface area contributed by atoms with Crippen LogP contribution in [0.1, 0.15) is 136 Å². The van der Waals surface area contributed by atoms with E-state index in [4.69, 9.17) is 4.74 Å².